The summed E-state index contributed by atoms with van der Waals surface area (Å²) in [6.07, 6.45) is 6.40. The highest BCUT2D eigenvalue weighted by Gasteiger charge is 2.48. The van der Waals surface area contributed by atoms with Crippen LogP contribution in [-0.4, -0.2) is 49.7 Å². The fraction of sp³-hybridized carbons (Fsp3) is 0.364. The molecule has 5 rings (SSSR count). The van der Waals surface area contributed by atoms with E-state index in [0.29, 0.717) is 29.9 Å². The van der Waals surface area contributed by atoms with Gasteiger partial charge in [0, 0.05) is 25.0 Å². The number of carbonyl (C=O) groups excluding carboxylic acids is 1. The van der Waals surface area contributed by atoms with Crippen LogP contribution in [0, 0.1) is 5.92 Å². The Morgan fingerprint density at radius 1 is 1.00 bits per heavy atom. The average molecular weight is 470 g/mol. The quantitative estimate of drug-likeness (QED) is 0.606. The number of hydrogen-bond donors (Lipinski definition) is 1. The number of rotatable bonds is 5. The molecular weight excluding hydrogens is 446 g/mol. The first-order chi connectivity index (χ1) is 15.6. The summed E-state index contributed by atoms with van der Waals surface area (Å²) in [6, 6.07) is 12.1. The zero-order valence-electron chi connectivity index (χ0n) is 17.8. The van der Waals surface area contributed by atoms with E-state index in [4.69, 9.17) is 4.74 Å². The third-order valence-corrected chi connectivity index (χ3v) is 6.11. The van der Waals surface area contributed by atoms with E-state index in [-0.39, 0.29) is 24.1 Å². The third-order valence-electron chi connectivity index (χ3n) is 6.11. The minimum atomic E-state index is -0.449. The van der Waals surface area contributed by atoms with Crippen molar-refractivity contribution in [1.82, 2.24) is 25.0 Å². The summed E-state index contributed by atoms with van der Waals surface area (Å²) in [5.41, 5.74) is -0.598. The number of nitrogens with one attached hydrogen (secondary N) is 1. The van der Waals surface area contributed by atoms with Crippen LogP contribution in [0.1, 0.15) is 25.7 Å². The monoisotopic (exact) mass is 469 g/mol. The predicted octanol–water partition coefficient (Wildman–Crippen LogP) is 2.84. The van der Waals surface area contributed by atoms with Crippen LogP contribution in [-0.2, 0) is 4.74 Å². The van der Waals surface area contributed by atoms with Gasteiger partial charge in [-0.25, -0.2) is 4.79 Å². The van der Waals surface area contributed by atoms with Crippen molar-refractivity contribution in [1.29, 1.82) is 0 Å². The molecule has 1 spiro atoms. The predicted molar refractivity (Wildman–Crippen MR) is 124 cm³/mol. The lowest BCUT2D eigenvalue weighted by Crippen LogP contribution is -2.39. The van der Waals surface area contributed by atoms with Crippen molar-refractivity contribution >= 4 is 30.1 Å². The number of pyridine rings is 1. The van der Waals surface area contributed by atoms with E-state index in [9.17, 15) is 9.59 Å². The topological polar surface area (TPSA) is 115 Å². The Morgan fingerprint density at radius 3 is 2.55 bits per heavy atom. The SMILES string of the molecule is Cl.O=C1O[C@]2(CC[C@H](CNc3ccc(-n4ccccc4=O)nn3)CC2)CN1c1cccnn1. The normalized spacial score (nSPS) is 22.0. The number of amides is 1. The van der Waals surface area contributed by atoms with Gasteiger partial charge in [-0.05, 0) is 61.9 Å². The summed E-state index contributed by atoms with van der Waals surface area (Å²) in [4.78, 5) is 25.9. The minimum Gasteiger partial charge on any atom is -0.441 e. The molecule has 1 aliphatic heterocycles. The summed E-state index contributed by atoms with van der Waals surface area (Å²) in [5.74, 6) is 2.12. The van der Waals surface area contributed by atoms with E-state index in [0.717, 1.165) is 32.2 Å². The van der Waals surface area contributed by atoms with E-state index in [2.05, 4.69) is 25.7 Å². The van der Waals surface area contributed by atoms with E-state index in [1.54, 1.807) is 47.6 Å². The Morgan fingerprint density at radius 2 is 1.85 bits per heavy atom. The highest BCUT2D eigenvalue weighted by Crippen LogP contribution is 2.40. The zero-order valence-corrected chi connectivity index (χ0v) is 18.6. The van der Waals surface area contributed by atoms with Gasteiger partial charge < -0.3 is 10.1 Å². The molecule has 0 atom stereocenters. The smallest absolute Gasteiger partial charge is 0.416 e. The molecule has 0 unspecified atom stereocenters. The second kappa shape index (κ2) is 9.53. The second-order valence-corrected chi connectivity index (χ2v) is 8.23. The molecule has 1 saturated heterocycles. The van der Waals surface area contributed by atoms with E-state index in [1.807, 2.05) is 6.07 Å². The molecule has 0 aromatic carbocycles. The number of carbonyl (C=O) groups is 1. The van der Waals surface area contributed by atoms with E-state index in [1.165, 1.54) is 10.6 Å². The van der Waals surface area contributed by atoms with Gasteiger partial charge in [-0.3, -0.25) is 14.3 Å². The number of ether oxygens (including phenoxy) is 1. The molecule has 1 N–H and O–H groups in total. The number of aromatic nitrogens is 5. The van der Waals surface area contributed by atoms with Crippen molar-refractivity contribution in [3.63, 3.8) is 0 Å². The van der Waals surface area contributed by atoms with E-state index < -0.39 is 5.60 Å². The van der Waals surface area contributed by atoms with Crippen molar-refractivity contribution in [2.45, 2.75) is 31.3 Å². The first kappa shape index (κ1) is 22.7. The van der Waals surface area contributed by atoms with Gasteiger partial charge in [0.1, 0.15) is 11.4 Å². The summed E-state index contributed by atoms with van der Waals surface area (Å²) < 4.78 is 7.23. The molecule has 1 amide bonds. The van der Waals surface area contributed by atoms with Crippen LogP contribution in [0.4, 0.5) is 16.4 Å². The lowest BCUT2D eigenvalue weighted by molar-refractivity contribution is 0.0148. The van der Waals surface area contributed by atoms with Gasteiger partial charge in [0.05, 0.1) is 6.54 Å². The van der Waals surface area contributed by atoms with Crippen LogP contribution in [0.5, 0.6) is 0 Å². The molecule has 4 heterocycles. The summed E-state index contributed by atoms with van der Waals surface area (Å²) >= 11 is 0. The molecule has 0 bridgehead atoms. The zero-order chi connectivity index (χ0) is 22.0. The van der Waals surface area contributed by atoms with Crippen LogP contribution in [0.25, 0.3) is 5.82 Å². The van der Waals surface area contributed by atoms with Crippen molar-refractivity contribution in [2.24, 2.45) is 5.92 Å². The van der Waals surface area contributed by atoms with Gasteiger partial charge >= 0.3 is 6.09 Å². The molecule has 11 heteroatoms. The van der Waals surface area contributed by atoms with Crippen LogP contribution >= 0.6 is 12.4 Å². The second-order valence-electron chi connectivity index (χ2n) is 8.23. The van der Waals surface area contributed by atoms with Crippen LogP contribution in [0.15, 0.2) is 59.7 Å². The van der Waals surface area contributed by atoms with Gasteiger partial charge in [0.15, 0.2) is 11.6 Å². The highest BCUT2D eigenvalue weighted by atomic mass is 35.5. The van der Waals surface area contributed by atoms with Crippen molar-refractivity contribution in [2.75, 3.05) is 23.3 Å². The average Bonchev–Trinajstić information content (AvgIpc) is 3.16. The molecule has 1 saturated carbocycles. The first-order valence-electron chi connectivity index (χ1n) is 10.7. The molecular formula is C22H24ClN7O3. The lowest BCUT2D eigenvalue weighted by Gasteiger charge is -2.35. The Balaban J connectivity index is 0.00000259. The molecule has 10 nitrogen and oxygen atoms in total. The Kier molecular flexibility index (Phi) is 6.55. The maximum atomic E-state index is 12.4. The molecule has 172 valence electrons. The Hall–Kier alpha value is -3.53. The fourth-order valence-electron chi connectivity index (χ4n) is 4.32. The third kappa shape index (κ3) is 4.80. The molecule has 33 heavy (non-hydrogen) atoms. The van der Waals surface area contributed by atoms with Crippen LogP contribution in [0.3, 0.4) is 0 Å². The molecule has 3 aromatic heterocycles. The minimum absolute atomic E-state index is 0. The fourth-order valence-corrected chi connectivity index (χ4v) is 4.32. The highest BCUT2D eigenvalue weighted by molar-refractivity contribution is 5.89. The standard InChI is InChI=1S/C22H23N7O3.ClH/c30-20-5-1-2-13-28(20)19-7-6-17(25-27-19)23-14-16-8-10-22(11-9-16)15-29(21(31)32-22)18-4-3-12-24-26-18;/h1-7,12-13,16H,8-11,14-15H2,(H,23,25);1H/t16-,22-;. The van der Waals surface area contributed by atoms with Gasteiger partial charge in [-0.2, -0.15) is 5.10 Å². The molecule has 3 aromatic rings. The van der Waals surface area contributed by atoms with Crippen molar-refractivity contribution in [3.05, 3.63) is 65.2 Å². The maximum Gasteiger partial charge on any atom is 0.416 e. The summed E-state index contributed by atoms with van der Waals surface area (Å²) in [7, 11) is 0. The Labute approximate surface area is 196 Å². The van der Waals surface area contributed by atoms with E-state index >= 15 is 0 Å². The molecule has 1 aliphatic carbocycles. The van der Waals surface area contributed by atoms with Gasteiger partial charge in [-0.15, -0.1) is 27.7 Å². The summed E-state index contributed by atoms with van der Waals surface area (Å²) in [5, 5.41) is 19.6. The summed E-state index contributed by atoms with van der Waals surface area (Å²) in [6.45, 7) is 1.27. The van der Waals surface area contributed by atoms with Gasteiger partial charge in [0.25, 0.3) is 5.56 Å². The first-order valence-corrected chi connectivity index (χ1v) is 10.7. The maximum absolute atomic E-state index is 12.4. The largest absolute Gasteiger partial charge is 0.441 e. The molecule has 2 aliphatic rings. The van der Waals surface area contributed by atoms with Gasteiger partial charge in [-0.1, -0.05) is 6.07 Å². The van der Waals surface area contributed by atoms with Gasteiger partial charge in [0.2, 0.25) is 0 Å². The van der Waals surface area contributed by atoms with Crippen LogP contribution in [0.2, 0.25) is 0 Å². The number of nitrogens with zero attached hydrogens (tertiary/aromatic N) is 6. The van der Waals surface area contributed by atoms with Crippen molar-refractivity contribution in [3.8, 4) is 5.82 Å². The Bertz CT molecular complexity index is 1150. The van der Waals surface area contributed by atoms with Crippen molar-refractivity contribution < 1.29 is 9.53 Å². The lowest BCUT2D eigenvalue weighted by atomic mass is 9.78. The number of hydrogen-bond acceptors (Lipinski definition) is 8. The van der Waals surface area contributed by atoms with Crippen LogP contribution < -0.4 is 15.8 Å². The molecule has 0 radical (unpaired) electrons. The number of anilines is 2. The molecule has 2 fully saturated rings. The number of halogens is 1.